The van der Waals surface area contributed by atoms with Crippen molar-refractivity contribution in [3.63, 3.8) is 0 Å². The number of hydrogen-bond acceptors (Lipinski definition) is 7. The van der Waals surface area contributed by atoms with Gasteiger partial charge in [0.05, 0.1) is 10.2 Å². The third kappa shape index (κ3) is 5.29. The molecule has 4 rings (SSSR count). The highest BCUT2D eigenvalue weighted by Gasteiger charge is 2.19. The predicted octanol–water partition coefficient (Wildman–Crippen LogP) is 4.57. The van der Waals surface area contributed by atoms with Gasteiger partial charge >= 0.3 is 0 Å². The molecule has 0 fully saturated rings. The van der Waals surface area contributed by atoms with Gasteiger partial charge in [-0.15, -0.1) is 10.2 Å². The van der Waals surface area contributed by atoms with Crippen molar-refractivity contribution in [3.05, 3.63) is 82.7 Å². The van der Waals surface area contributed by atoms with E-state index in [-0.39, 0.29) is 18.2 Å². The first-order valence-corrected chi connectivity index (χ1v) is 11.0. The van der Waals surface area contributed by atoms with E-state index in [9.17, 15) is 14.9 Å². The molecule has 0 aliphatic carbocycles. The van der Waals surface area contributed by atoms with E-state index in [1.807, 2.05) is 49.5 Å². The maximum Gasteiger partial charge on any atom is 0.269 e. The van der Waals surface area contributed by atoms with Crippen molar-refractivity contribution in [1.29, 1.82) is 0 Å². The van der Waals surface area contributed by atoms with E-state index in [0.717, 1.165) is 16.5 Å². The molecule has 1 heterocycles. The van der Waals surface area contributed by atoms with E-state index in [1.54, 1.807) is 11.5 Å². The SMILES string of the molecule is CC(Sc1nnc(COc2ccc3ccccc3c2)n1C)C(=O)Nc1ccc([N+](=O)[O-])cc1. The minimum absolute atomic E-state index is 0.0343. The van der Waals surface area contributed by atoms with Crippen LogP contribution in [0.5, 0.6) is 5.75 Å². The first-order chi connectivity index (χ1) is 15.9. The summed E-state index contributed by atoms with van der Waals surface area (Å²) >= 11 is 1.26. The van der Waals surface area contributed by atoms with Gasteiger partial charge in [-0.05, 0) is 42.0 Å². The highest BCUT2D eigenvalue weighted by molar-refractivity contribution is 8.00. The van der Waals surface area contributed by atoms with Crippen molar-refractivity contribution in [2.24, 2.45) is 7.05 Å². The molecule has 3 aromatic carbocycles. The number of nitro benzene ring substituents is 1. The van der Waals surface area contributed by atoms with Crippen LogP contribution in [0.2, 0.25) is 0 Å². The average Bonchev–Trinajstić information content (AvgIpc) is 3.16. The molecule has 0 spiro atoms. The van der Waals surface area contributed by atoms with Crippen LogP contribution in [-0.4, -0.2) is 30.8 Å². The molecule has 0 saturated heterocycles. The molecule has 168 valence electrons. The monoisotopic (exact) mass is 463 g/mol. The summed E-state index contributed by atoms with van der Waals surface area (Å²) in [6.45, 7) is 2.00. The quantitative estimate of drug-likeness (QED) is 0.231. The van der Waals surface area contributed by atoms with Gasteiger partial charge in [-0.3, -0.25) is 14.9 Å². The van der Waals surface area contributed by atoms with Crippen LogP contribution in [0.15, 0.2) is 71.9 Å². The van der Waals surface area contributed by atoms with Crippen LogP contribution < -0.4 is 10.1 Å². The molecule has 0 aliphatic heterocycles. The van der Waals surface area contributed by atoms with Crippen LogP contribution >= 0.6 is 11.8 Å². The molecule has 0 bridgehead atoms. The Morgan fingerprint density at radius 1 is 1.12 bits per heavy atom. The zero-order chi connectivity index (χ0) is 23.4. The minimum atomic E-state index is -0.487. The van der Waals surface area contributed by atoms with Crippen molar-refractivity contribution in [1.82, 2.24) is 14.8 Å². The number of benzene rings is 3. The summed E-state index contributed by atoms with van der Waals surface area (Å²) in [5, 5.41) is 24.2. The summed E-state index contributed by atoms with van der Waals surface area (Å²) in [4.78, 5) is 22.8. The molecule has 1 atom stereocenters. The number of aromatic nitrogens is 3. The molecule has 1 amide bonds. The predicted molar refractivity (Wildman–Crippen MR) is 126 cm³/mol. The third-order valence-electron chi connectivity index (χ3n) is 5.01. The molecule has 1 aromatic heterocycles. The number of nitro groups is 1. The Hall–Kier alpha value is -3.92. The number of nitrogens with one attached hydrogen (secondary N) is 1. The second-order valence-electron chi connectivity index (χ2n) is 7.31. The van der Waals surface area contributed by atoms with Gasteiger partial charge in [0.2, 0.25) is 5.91 Å². The average molecular weight is 464 g/mol. The first kappa shape index (κ1) is 22.3. The van der Waals surface area contributed by atoms with E-state index in [1.165, 1.54) is 36.0 Å². The molecule has 1 N–H and O–H groups in total. The van der Waals surface area contributed by atoms with E-state index in [0.29, 0.717) is 16.7 Å². The lowest BCUT2D eigenvalue weighted by Crippen LogP contribution is -2.22. The van der Waals surface area contributed by atoms with E-state index < -0.39 is 10.2 Å². The van der Waals surface area contributed by atoms with Crippen LogP contribution in [0.25, 0.3) is 10.8 Å². The normalized spacial score (nSPS) is 11.8. The molecule has 4 aromatic rings. The Morgan fingerprint density at radius 2 is 1.85 bits per heavy atom. The number of fused-ring (bicyclic) bond motifs is 1. The van der Waals surface area contributed by atoms with Crippen molar-refractivity contribution >= 4 is 39.8 Å². The molecule has 0 radical (unpaired) electrons. The zero-order valence-electron chi connectivity index (χ0n) is 18.0. The molecule has 1 unspecified atom stereocenters. The van der Waals surface area contributed by atoms with Gasteiger partial charge in [0.15, 0.2) is 11.0 Å². The Kier molecular flexibility index (Phi) is 6.55. The number of nitrogens with zero attached hydrogens (tertiary/aromatic N) is 4. The summed E-state index contributed by atoms with van der Waals surface area (Å²) in [6, 6.07) is 19.6. The summed E-state index contributed by atoms with van der Waals surface area (Å²) in [6.07, 6.45) is 0. The second kappa shape index (κ2) is 9.70. The lowest BCUT2D eigenvalue weighted by Gasteiger charge is -2.12. The maximum absolute atomic E-state index is 12.5. The number of carbonyl (C=O) groups excluding carboxylic acids is 1. The van der Waals surface area contributed by atoms with Crippen molar-refractivity contribution in [3.8, 4) is 5.75 Å². The minimum Gasteiger partial charge on any atom is -0.486 e. The van der Waals surface area contributed by atoms with E-state index in [2.05, 4.69) is 15.5 Å². The number of rotatable bonds is 8. The Balaban J connectivity index is 1.35. The summed E-state index contributed by atoms with van der Waals surface area (Å²) < 4.78 is 7.69. The van der Waals surface area contributed by atoms with Crippen LogP contribution in [0.4, 0.5) is 11.4 Å². The number of hydrogen-bond donors (Lipinski definition) is 1. The largest absolute Gasteiger partial charge is 0.486 e. The van der Waals surface area contributed by atoms with Crippen molar-refractivity contribution in [2.75, 3.05) is 5.32 Å². The van der Waals surface area contributed by atoms with Crippen LogP contribution in [0, 0.1) is 10.1 Å². The third-order valence-corrected chi connectivity index (χ3v) is 6.14. The highest BCUT2D eigenvalue weighted by atomic mass is 32.2. The van der Waals surface area contributed by atoms with E-state index >= 15 is 0 Å². The summed E-state index contributed by atoms with van der Waals surface area (Å²) in [7, 11) is 1.82. The van der Waals surface area contributed by atoms with Crippen LogP contribution in [0.3, 0.4) is 0 Å². The molecular weight excluding hydrogens is 442 g/mol. The van der Waals surface area contributed by atoms with Gasteiger partial charge < -0.3 is 14.6 Å². The van der Waals surface area contributed by atoms with Crippen molar-refractivity contribution < 1.29 is 14.5 Å². The highest BCUT2D eigenvalue weighted by Crippen LogP contribution is 2.25. The molecular formula is C23H21N5O4S. The lowest BCUT2D eigenvalue weighted by atomic mass is 10.1. The number of ether oxygens (including phenoxy) is 1. The maximum atomic E-state index is 12.5. The standard InChI is InChI=1S/C23H21N5O4S/c1-15(22(29)24-18-8-10-19(11-9-18)28(30)31)33-23-26-25-21(27(23)2)14-32-20-12-7-16-5-3-4-6-17(16)13-20/h3-13,15H,14H2,1-2H3,(H,24,29). The van der Waals surface area contributed by atoms with E-state index in [4.69, 9.17) is 4.74 Å². The smallest absolute Gasteiger partial charge is 0.269 e. The molecule has 10 heteroatoms. The van der Waals surface area contributed by atoms with Gasteiger partial charge in [0.1, 0.15) is 12.4 Å². The fourth-order valence-corrected chi connectivity index (χ4v) is 3.93. The van der Waals surface area contributed by atoms with Gasteiger partial charge in [-0.1, -0.05) is 42.1 Å². The van der Waals surface area contributed by atoms with Gasteiger partial charge in [-0.25, -0.2) is 0 Å². The first-order valence-electron chi connectivity index (χ1n) is 10.1. The number of non-ortho nitro benzene ring substituents is 1. The zero-order valence-corrected chi connectivity index (χ0v) is 18.8. The van der Waals surface area contributed by atoms with Crippen LogP contribution in [-0.2, 0) is 18.4 Å². The molecule has 33 heavy (non-hydrogen) atoms. The second-order valence-corrected chi connectivity index (χ2v) is 8.62. The van der Waals surface area contributed by atoms with Gasteiger partial charge in [-0.2, -0.15) is 0 Å². The Labute approximate surface area is 193 Å². The Bertz CT molecular complexity index is 1310. The molecule has 9 nitrogen and oxygen atoms in total. The molecule has 0 aliphatic rings. The number of anilines is 1. The number of amides is 1. The summed E-state index contributed by atoms with van der Waals surface area (Å²) in [5.41, 5.74) is 0.452. The topological polar surface area (TPSA) is 112 Å². The number of carbonyl (C=O) groups is 1. The van der Waals surface area contributed by atoms with Gasteiger partial charge in [0.25, 0.3) is 5.69 Å². The lowest BCUT2D eigenvalue weighted by molar-refractivity contribution is -0.384. The summed E-state index contributed by atoms with van der Waals surface area (Å²) in [5.74, 6) is 1.13. The fraction of sp³-hybridized carbons (Fsp3) is 0.174. The van der Waals surface area contributed by atoms with Crippen LogP contribution in [0.1, 0.15) is 12.7 Å². The van der Waals surface area contributed by atoms with Crippen molar-refractivity contribution in [2.45, 2.75) is 23.9 Å². The van der Waals surface area contributed by atoms with Gasteiger partial charge in [0, 0.05) is 24.9 Å². The Morgan fingerprint density at radius 3 is 2.58 bits per heavy atom. The number of thioether (sulfide) groups is 1. The molecule has 0 saturated carbocycles. The fourth-order valence-electron chi connectivity index (χ4n) is 3.10.